The Balaban J connectivity index is 1.69. The van der Waals surface area contributed by atoms with E-state index in [0.717, 1.165) is 33.4 Å². The molecule has 34 heavy (non-hydrogen) atoms. The molecule has 6 heteroatoms. The minimum Gasteiger partial charge on any atom is -0.489 e. The molecule has 3 aromatic carbocycles. The van der Waals surface area contributed by atoms with Crippen molar-refractivity contribution in [1.29, 1.82) is 10.5 Å². The summed E-state index contributed by atoms with van der Waals surface area (Å²) in [5.41, 5.74) is 5.01. The number of rotatable bonds is 7. The Bertz CT molecular complexity index is 1450. The van der Waals surface area contributed by atoms with E-state index in [4.69, 9.17) is 13.9 Å². The molecule has 0 radical (unpaired) electrons. The van der Waals surface area contributed by atoms with E-state index in [2.05, 4.69) is 12.1 Å². The molecule has 0 aliphatic rings. The molecule has 168 valence electrons. The van der Waals surface area contributed by atoms with Crippen LogP contribution < -0.4 is 4.74 Å². The predicted octanol–water partition coefficient (Wildman–Crippen LogP) is 5.84. The number of hydrogen-bond donors (Lipinski definition) is 0. The number of fused-ring (bicyclic) bond motifs is 1. The van der Waals surface area contributed by atoms with Gasteiger partial charge in [-0.1, -0.05) is 18.2 Å². The Kier molecular flexibility index (Phi) is 6.62. The quantitative estimate of drug-likeness (QED) is 0.328. The van der Waals surface area contributed by atoms with Crippen LogP contribution in [0.5, 0.6) is 5.75 Å². The summed E-state index contributed by atoms with van der Waals surface area (Å²) in [4.78, 5) is 12.0. The third-order valence-corrected chi connectivity index (χ3v) is 5.33. The third kappa shape index (κ3) is 4.92. The summed E-state index contributed by atoms with van der Waals surface area (Å²) in [6.07, 6.45) is 0.0566. The Morgan fingerprint density at radius 3 is 2.56 bits per heavy atom. The zero-order valence-electron chi connectivity index (χ0n) is 18.9. The van der Waals surface area contributed by atoms with Gasteiger partial charge in [0.2, 0.25) is 0 Å². The first-order chi connectivity index (χ1) is 16.5. The van der Waals surface area contributed by atoms with Gasteiger partial charge < -0.3 is 13.9 Å². The number of carbonyl (C=O) groups is 1. The molecule has 0 saturated carbocycles. The van der Waals surface area contributed by atoms with Crippen molar-refractivity contribution in [3.63, 3.8) is 0 Å². The number of aryl methyl sites for hydroxylation is 1. The molecule has 6 nitrogen and oxygen atoms in total. The second-order valence-electron chi connectivity index (χ2n) is 7.82. The highest BCUT2D eigenvalue weighted by Gasteiger charge is 2.14. The second-order valence-corrected chi connectivity index (χ2v) is 7.82. The topological polar surface area (TPSA) is 96.3 Å². The van der Waals surface area contributed by atoms with Crippen LogP contribution in [0.2, 0.25) is 0 Å². The number of hydrogen-bond acceptors (Lipinski definition) is 6. The number of esters is 1. The van der Waals surface area contributed by atoms with Gasteiger partial charge in [-0.15, -0.1) is 0 Å². The maximum atomic E-state index is 12.0. The van der Waals surface area contributed by atoms with Gasteiger partial charge in [0.1, 0.15) is 23.7 Å². The molecule has 0 bridgehead atoms. The second kappa shape index (κ2) is 9.94. The summed E-state index contributed by atoms with van der Waals surface area (Å²) in [5.74, 6) is 0.889. The van der Waals surface area contributed by atoms with Crippen molar-refractivity contribution >= 4 is 16.9 Å². The zero-order chi connectivity index (χ0) is 24.1. The smallest absolute Gasteiger partial charge is 0.310 e. The molecule has 0 saturated heterocycles. The Labute approximate surface area is 197 Å². The largest absolute Gasteiger partial charge is 0.489 e. The lowest BCUT2D eigenvalue weighted by molar-refractivity contribution is -0.142. The predicted molar refractivity (Wildman–Crippen MR) is 127 cm³/mol. The molecule has 4 rings (SSSR count). The van der Waals surface area contributed by atoms with Crippen molar-refractivity contribution in [2.75, 3.05) is 6.61 Å². The lowest BCUT2D eigenvalue weighted by Gasteiger charge is -2.13. The average molecular weight is 450 g/mol. The van der Waals surface area contributed by atoms with E-state index < -0.39 is 0 Å². The SMILES string of the molecule is CCOC(=O)Cc1ccc(C#N)cc1OCc1cc(-c2cccc(C#N)c2)c2oc(C)cc2c1. The molecule has 1 heterocycles. The van der Waals surface area contributed by atoms with Gasteiger partial charge in [0.15, 0.2) is 0 Å². The van der Waals surface area contributed by atoms with Gasteiger partial charge in [-0.25, -0.2) is 0 Å². The van der Waals surface area contributed by atoms with E-state index in [1.54, 1.807) is 31.2 Å². The molecule has 0 unspecified atom stereocenters. The van der Waals surface area contributed by atoms with Crippen molar-refractivity contribution in [2.45, 2.75) is 26.9 Å². The molecular formula is C28H22N2O4. The first kappa shape index (κ1) is 22.6. The van der Waals surface area contributed by atoms with Gasteiger partial charge in [-0.2, -0.15) is 10.5 Å². The van der Waals surface area contributed by atoms with Crippen molar-refractivity contribution in [1.82, 2.24) is 0 Å². The first-order valence-electron chi connectivity index (χ1n) is 10.9. The van der Waals surface area contributed by atoms with Crippen LogP contribution in [0.15, 0.2) is 65.1 Å². The van der Waals surface area contributed by atoms with Crippen LogP contribution in [0.3, 0.4) is 0 Å². The summed E-state index contributed by atoms with van der Waals surface area (Å²) in [5, 5.41) is 19.5. The fourth-order valence-electron chi connectivity index (χ4n) is 3.83. The standard InChI is InChI=1S/C28H22N2O4/c1-3-32-27(31)14-23-8-7-20(16-30)13-26(23)33-17-21-11-24-9-18(2)34-28(24)25(12-21)22-6-4-5-19(10-22)15-29/h4-13H,3,14,17H2,1-2H3. The molecule has 0 atom stereocenters. The van der Waals surface area contributed by atoms with E-state index in [9.17, 15) is 15.3 Å². The highest BCUT2D eigenvalue weighted by Crippen LogP contribution is 2.33. The van der Waals surface area contributed by atoms with Crippen LogP contribution in [0.25, 0.3) is 22.1 Å². The van der Waals surface area contributed by atoms with E-state index in [1.165, 1.54) is 0 Å². The number of nitriles is 2. The van der Waals surface area contributed by atoms with Crippen LogP contribution in [-0.4, -0.2) is 12.6 Å². The van der Waals surface area contributed by atoms with Crippen LogP contribution in [0.4, 0.5) is 0 Å². The van der Waals surface area contributed by atoms with Crippen molar-refractivity contribution in [2.24, 2.45) is 0 Å². The van der Waals surface area contributed by atoms with E-state index >= 15 is 0 Å². The van der Waals surface area contributed by atoms with Gasteiger partial charge in [0.25, 0.3) is 0 Å². The minimum absolute atomic E-state index is 0.0566. The van der Waals surface area contributed by atoms with E-state index in [-0.39, 0.29) is 19.0 Å². The van der Waals surface area contributed by atoms with Gasteiger partial charge in [0.05, 0.1) is 36.3 Å². The number of furan rings is 1. The normalized spacial score (nSPS) is 10.5. The first-order valence-corrected chi connectivity index (χ1v) is 10.9. The Morgan fingerprint density at radius 2 is 1.79 bits per heavy atom. The van der Waals surface area contributed by atoms with Gasteiger partial charge in [-0.3, -0.25) is 4.79 Å². The zero-order valence-corrected chi connectivity index (χ0v) is 18.9. The van der Waals surface area contributed by atoms with Crippen LogP contribution in [0, 0.1) is 29.6 Å². The molecule has 0 amide bonds. The molecule has 0 spiro atoms. The summed E-state index contributed by atoms with van der Waals surface area (Å²) in [6, 6.07) is 22.6. The lowest BCUT2D eigenvalue weighted by atomic mass is 9.99. The van der Waals surface area contributed by atoms with Gasteiger partial charge in [0, 0.05) is 16.5 Å². The molecule has 0 aliphatic carbocycles. The maximum absolute atomic E-state index is 12.0. The number of benzene rings is 3. The highest BCUT2D eigenvalue weighted by atomic mass is 16.5. The minimum atomic E-state index is -0.355. The van der Waals surface area contributed by atoms with Crippen LogP contribution in [0.1, 0.15) is 34.9 Å². The number of carbonyl (C=O) groups excluding carboxylic acids is 1. The van der Waals surface area contributed by atoms with Gasteiger partial charge >= 0.3 is 5.97 Å². The fourth-order valence-corrected chi connectivity index (χ4v) is 3.83. The fraction of sp³-hybridized carbons (Fsp3) is 0.179. The molecule has 0 fully saturated rings. The van der Waals surface area contributed by atoms with Crippen molar-refractivity contribution in [3.05, 3.63) is 88.7 Å². The van der Waals surface area contributed by atoms with E-state index in [0.29, 0.717) is 29.0 Å². The molecule has 0 N–H and O–H groups in total. The molecule has 4 aromatic rings. The van der Waals surface area contributed by atoms with Crippen molar-refractivity contribution < 1.29 is 18.7 Å². The van der Waals surface area contributed by atoms with Gasteiger partial charge in [-0.05, 0) is 67.4 Å². The third-order valence-electron chi connectivity index (χ3n) is 5.33. The summed E-state index contributed by atoms with van der Waals surface area (Å²) in [7, 11) is 0. The average Bonchev–Trinajstić information content (AvgIpc) is 3.23. The molecular weight excluding hydrogens is 428 g/mol. The maximum Gasteiger partial charge on any atom is 0.310 e. The number of nitrogens with zero attached hydrogens (tertiary/aromatic N) is 2. The van der Waals surface area contributed by atoms with Crippen LogP contribution in [-0.2, 0) is 22.6 Å². The Morgan fingerprint density at radius 1 is 1.00 bits per heavy atom. The molecule has 1 aromatic heterocycles. The monoisotopic (exact) mass is 450 g/mol. The molecule has 0 aliphatic heterocycles. The summed E-state index contributed by atoms with van der Waals surface area (Å²) in [6.45, 7) is 4.16. The summed E-state index contributed by atoms with van der Waals surface area (Å²) < 4.78 is 17.1. The Hall–Kier alpha value is -4.55. The number of ether oxygens (including phenoxy) is 2. The van der Waals surface area contributed by atoms with Crippen LogP contribution >= 0.6 is 0 Å². The summed E-state index contributed by atoms with van der Waals surface area (Å²) >= 11 is 0. The van der Waals surface area contributed by atoms with Crippen molar-refractivity contribution in [3.8, 4) is 29.0 Å². The van der Waals surface area contributed by atoms with E-state index in [1.807, 2.05) is 43.3 Å². The lowest BCUT2D eigenvalue weighted by Crippen LogP contribution is -2.09. The highest BCUT2D eigenvalue weighted by molar-refractivity contribution is 5.93.